The van der Waals surface area contributed by atoms with Crippen LogP contribution in [0.2, 0.25) is 0 Å². The topological polar surface area (TPSA) is 50.2 Å². The molecule has 0 aliphatic carbocycles. The van der Waals surface area contributed by atoms with Crippen molar-refractivity contribution in [3.8, 4) is 16.9 Å². The van der Waals surface area contributed by atoms with E-state index in [1.807, 2.05) is 18.2 Å². The highest BCUT2D eigenvalue weighted by atomic mass is 16.5. The lowest BCUT2D eigenvalue weighted by Crippen LogP contribution is -2.77. The fraction of sp³-hybridized carbons (Fsp3) is 0.0465. The maximum absolute atomic E-state index is 6.39. The van der Waals surface area contributed by atoms with E-state index in [1.54, 1.807) is 0 Å². The first-order valence-electron chi connectivity index (χ1n) is 16.1. The van der Waals surface area contributed by atoms with Crippen molar-refractivity contribution in [2.45, 2.75) is 12.4 Å². The number of fused-ring (bicyclic) bond motifs is 5. The zero-order valence-corrected chi connectivity index (χ0v) is 25.7. The molecule has 224 valence electrons. The Morgan fingerprint density at radius 1 is 0.553 bits per heavy atom. The number of aliphatic imine (C=N–C) groups is 1. The number of allylic oxidation sites excluding steroid dienone is 1. The van der Waals surface area contributed by atoms with Crippen molar-refractivity contribution in [3.05, 3.63) is 186 Å². The van der Waals surface area contributed by atoms with Gasteiger partial charge in [0.1, 0.15) is 6.17 Å². The van der Waals surface area contributed by atoms with Crippen molar-refractivity contribution in [2.24, 2.45) is 4.99 Å². The number of quaternary nitrogens is 1. The van der Waals surface area contributed by atoms with Crippen LogP contribution in [0.1, 0.15) is 34.6 Å². The van der Waals surface area contributed by atoms with Crippen LogP contribution in [0.3, 0.4) is 0 Å². The minimum atomic E-state index is -0.192. The molecule has 0 radical (unpaired) electrons. The van der Waals surface area contributed by atoms with Gasteiger partial charge < -0.3 is 10.1 Å². The van der Waals surface area contributed by atoms with Crippen LogP contribution in [0, 0.1) is 0 Å². The largest absolute Gasteiger partial charge is 0.432 e. The van der Waals surface area contributed by atoms with Crippen molar-refractivity contribution in [1.29, 1.82) is 0 Å². The summed E-state index contributed by atoms with van der Waals surface area (Å²) in [4.78, 5) is 5.14. The van der Waals surface area contributed by atoms with Gasteiger partial charge in [-0.1, -0.05) is 133 Å². The van der Waals surface area contributed by atoms with Crippen molar-refractivity contribution in [3.63, 3.8) is 0 Å². The molecule has 3 N–H and O–H groups in total. The van der Waals surface area contributed by atoms with Gasteiger partial charge in [-0.25, -0.2) is 0 Å². The number of nitrogens with one attached hydrogen (secondary N) is 1. The van der Waals surface area contributed by atoms with Gasteiger partial charge >= 0.3 is 0 Å². The minimum absolute atomic E-state index is 0.0733. The molecule has 2 atom stereocenters. The number of ether oxygens (including phenoxy) is 1. The third-order valence-electron chi connectivity index (χ3n) is 9.26. The van der Waals surface area contributed by atoms with Gasteiger partial charge in [0.2, 0.25) is 0 Å². The maximum atomic E-state index is 6.39. The summed E-state index contributed by atoms with van der Waals surface area (Å²) < 4.78 is 6.39. The number of hydrogen-bond donors (Lipinski definition) is 2. The zero-order chi connectivity index (χ0) is 31.2. The van der Waals surface area contributed by atoms with Crippen LogP contribution < -0.4 is 15.4 Å². The third-order valence-corrected chi connectivity index (χ3v) is 9.26. The van der Waals surface area contributed by atoms with E-state index in [-0.39, 0.29) is 12.4 Å². The minimum Gasteiger partial charge on any atom is -0.432 e. The lowest BCUT2D eigenvalue weighted by atomic mass is 9.95. The standard InChI is InChI=1S/C43H31N3O/c1-4-10-29(11-5-1)37-27-38(30-12-6-2-7-13-30)45-42(44-37)32-19-16-28(17-20-32)34-22-24-36-35(26-34)21-18-31-23-25-39-41(40(31)36)46-43(47-39)33-14-8-3-9-15-33/h1-27,42-44,46H/p+1. The third kappa shape index (κ3) is 5.05. The molecule has 7 aromatic carbocycles. The first-order chi connectivity index (χ1) is 23.3. The van der Waals surface area contributed by atoms with Crippen molar-refractivity contribution < 1.29 is 10.1 Å². The van der Waals surface area contributed by atoms with Gasteiger partial charge in [0.05, 0.1) is 16.7 Å². The Bertz CT molecular complexity index is 2310. The Hall–Kier alpha value is -5.97. The molecule has 0 saturated carbocycles. The van der Waals surface area contributed by atoms with Crippen LogP contribution in [0.4, 0.5) is 5.69 Å². The van der Waals surface area contributed by atoms with Gasteiger partial charge in [-0.05, 0) is 74.3 Å². The number of benzene rings is 7. The zero-order valence-electron chi connectivity index (χ0n) is 25.7. The second-order valence-electron chi connectivity index (χ2n) is 12.2. The van der Waals surface area contributed by atoms with E-state index in [1.165, 1.54) is 43.9 Å². The Morgan fingerprint density at radius 2 is 1.21 bits per heavy atom. The molecule has 2 unspecified atom stereocenters. The summed E-state index contributed by atoms with van der Waals surface area (Å²) in [6.45, 7) is 0. The van der Waals surface area contributed by atoms with Crippen LogP contribution >= 0.6 is 0 Å². The summed E-state index contributed by atoms with van der Waals surface area (Å²) in [6, 6.07) is 55.6. The molecule has 4 nitrogen and oxygen atoms in total. The summed E-state index contributed by atoms with van der Waals surface area (Å²) in [6.07, 6.45) is 1.88. The summed E-state index contributed by atoms with van der Waals surface area (Å²) in [7, 11) is 0. The molecule has 0 bridgehead atoms. The van der Waals surface area contributed by atoms with Gasteiger partial charge in [-0.2, -0.15) is 0 Å². The summed E-state index contributed by atoms with van der Waals surface area (Å²) in [5.41, 5.74) is 10.1. The van der Waals surface area contributed by atoms with Crippen molar-refractivity contribution in [2.75, 3.05) is 0 Å². The molecule has 47 heavy (non-hydrogen) atoms. The highest BCUT2D eigenvalue weighted by Crippen LogP contribution is 2.40. The van der Waals surface area contributed by atoms with Crippen LogP contribution in [-0.2, 0) is 0 Å². The van der Waals surface area contributed by atoms with Gasteiger partial charge in [0, 0.05) is 5.70 Å². The number of nitrogens with zero attached hydrogens (tertiary/aromatic N) is 1. The Balaban J connectivity index is 1.04. The summed E-state index contributed by atoms with van der Waals surface area (Å²) >= 11 is 0. The fourth-order valence-electron chi connectivity index (χ4n) is 6.84. The van der Waals surface area contributed by atoms with Crippen molar-refractivity contribution in [1.82, 2.24) is 5.32 Å². The molecule has 0 spiro atoms. The number of rotatable bonds is 5. The Labute approximate surface area is 273 Å². The van der Waals surface area contributed by atoms with Crippen LogP contribution in [0.25, 0.3) is 38.4 Å². The molecule has 4 heteroatoms. The van der Waals surface area contributed by atoms with Gasteiger partial charge in [-0.15, -0.1) is 0 Å². The molecular formula is C43H32N3O+. The molecule has 0 aromatic heterocycles. The molecular weight excluding hydrogens is 574 g/mol. The van der Waals surface area contributed by atoms with Crippen LogP contribution in [-0.4, -0.2) is 5.71 Å². The number of nitrogens with two attached hydrogens (primary N) is 1. The number of hydrogen-bond acceptors (Lipinski definition) is 3. The van der Waals surface area contributed by atoms with Gasteiger partial charge in [0.25, 0.3) is 6.23 Å². The molecule has 7 aromatic rings. The van der Waals surface area contributed by atoms with E-state index in [9.17, 15) is 0 Å². The smallest absolute Gasteiger partial charge is 0.262 e. The predicted molar refractivity (Wildman–Crippen MR) is 192 cm³/mol. The van der Waals surface area contributed by atoms with E-state index in [0.29, 0.717) is 0 Å². The molecule has 2 heterocycles. The Kier molecular flexibility index (Phi) is 6.65. The lowest BCUT2D eigenvalue weighted by Gasteiger charge is -2.25. The van der Waals surface area contributed by atoms with Gasteiger partial charge in [-0.3, -0.25) is 10.3 Å². The first kappa shape index (κ1) is 27.3. The average Bonchev–Trinajstić information content (AvgIpc) is 3.60. The van der Waals surface area contributed by atoms with Crippen LogP contribution in [0.5, 0.6) is 5.75 Å². The molecule has 0 saturated heterocycles. The molecule has 0 fully saturated rings. The fourth-order valence-corrected chi connectivity index (χ4v) is 6.84. The van der Waals surface area contributed by atoms with E-state index < -0.39 is 0 Å². The second-order valence-corrected chi connectivity index (χ2v) is 12.2. The monoisotopic (exact) mass is 606 g/mol. The van der Waals surface area contributed by atoms with E-state index in [0.717, 1.165) is 33.8 Å². The average molecular weight is 607 g/mol. The highest BCUT2D eigenvalue weighted by Gasteiger charge is 2.31. The Morgan fingerprint density at radius 3 is 1.98 bits per heavy atom. The molecule has 2 aliphatic heterocycles. The normalized spacial score (nSPS) is 17.0. The molecule has 2 aliphatic rings. The molecule has 9 rings (SSSR count). The molecule has 0 amide bonds. The first-order valence-corrected chi connectivity index (χ1v) is 16.1. The maximum Gasteiger partial charge on any atom is 0.262 e. The SMILES string of the molecule is C1=C(c2ccccc2)NC(c2ccc(-c3ccc4c(ccc5ccc6c(c54)[NH2+]C(c4ccccc4)O6)c3)cc2)N=C1c1ccccc1. The quantitative estimate of drug-likeness (QED) is 0.152. The predicted octanol–water partition coefficient (Wildman–Crippen LogP) is 9.08. The summed E-state index contributed by atoms with van der Waals surface area (Å²) in [5, 5.41) is 10.9. The van der Waals surface area contributed by atoms with E-state index in [4.69, 9.17) is 9.73 Å². The summed E-state index contributed by atoms with van der Waals surface area (Å²) in [5.74, 6) is 0.943. The van der Waals surface area contributed by atoms with Crippen LogP contribution in [0.15, 0.2) is 169 Å². The highest BCUT2D eigenvalue weighted by molar-refractivity contribution is 6.14. The van der Waals surface area contributed by atoms with E-state index in [2.05, 4.69) is 156 Å². The van der Waals surface area contributed by atoms with E-state index >= 15 is 0 Å². The van der Waals surface area contributed by atoms with Crippen molar-refractivity contribution >= 4 is 38.6 Å². The van der Waals surface area contributed by atoms with Gasteiger partial charge in [0.15, 0.2) is 11.4 Å². The second kappa shape index (κ2) is 11.4. The lowest BCUT2D eigenvalue weighted by molar-refractivity contribution is -0.635.